The molecule has 1 aliphatic heterocycles. The van der Waals surface area contributed by atoms with Crippen LogP contribution in [0.1, 0.15) is 29.4 Å². The SMILES string of the molecule is CCOC(=O)c1cc2cc(N3CC[C@](O)(C(=O)NCc4cc(F)cc(F)c4)C3=O)ccc2[nH]1. The number of esters is 1. The highest BCUT2D eigenvalue weighted by Crippen LogP contribution is 2.31. The number of H-pyrrole nitrogens is 1. The number of halogens is 2. The largest absolute Gasteiger partial charge is 0.461 e. The van der Waals surface area contributed by atoms with E-state index in [1.807, 2.05) is 0 Å². The number of rotatable bonds is 6. The molecule has 1 aromatic heterocycles. The summed E-state index contributed by atoms with van der Waals surface area (Å²) < 4.78 is 31.6. The van der Waals surface area contributed by atoms with Crippen LogP contribution < -0.4 is 10.2 Å². The zero-order valence-corrected chi connectivity index (χ0v) is 17.7. The number of aromatic amines is 1. The number of ether oxygens (including phenoxy) is 1. The van der Waals surface area contributed by atoms with Crippen LogP contribution in [0.2, 0.25) is 0 Å². The highest BCUT2D eigenvalue weighted by atomic mass is 19.1. The predicted octanol–water partition coefficient (Wildman–Crippen LogP) is 2.41. The second-order valence-electron chi connectivity index (χ2n) is 7.70. The summed E-state index contributed by atoms with van der Waals surface area (Å²) >= 11 is 0. The summed E-state index contributed by atoms with van der Waals surface area (Å²) in [5.74, 6) is -3.87. The third-order valence-corrected chi connectivity index (χ3v) is 5.46. The highest BCUT2D eigenvalue weighted by molar-refractivity contribution is 6.16. The van der Waals surface area contributed by atoms with E-state index in [0.29, 0.717) is 22.7 Å². The number of hydrogen-bond acceptors (Lipinski definition) is 5. The maximum Gasteiger partial charge on any atom is 0.354 e. The Balaban J connectivity index is 1.49. The third-order valence-electron chi connectivity index (χ3n) is 5.46. The van der Waals surface area contributed by atoms with E-state index in [9.17, 15) is 28.3 Å². The molecule has 0 saturated carbocycles. The average molecular weight is 457 g/mol. The number of aliphatic hydroxyl groups is 1. The second kappa shape index (κ2) is 8.62. The maximum absolute atomic E-state index is 13.3. The molecule has 172 valence electrons. The van der Waals surface area contributed by atoms with Crippen LogP contribution in [0.15, 0.2) is 42.5 Å². The fraction of sp³-hybridized carbons (Fsp3) is 0.261. The molecule has 1 fully saturated rings. The average Bonchev–Trinajstić information content (AvgIpc) is 3.33. The van der Waals surface area contributed by atoms with Crippen molar-refractivity contribution in [2.75, 3.05) is 18.1 Å². The molecule has 0 aliphatic carbocycles. The summed E-state index contributed by atoms with van der Waals surface area (Å²) in [6.45, 7) is 1.76. The van der Waals surface area contributed by atoms with E-state index < -0.39 is 35.0 Å². The molecule has 0 radical (unpaired) electrons. The molecule has 8 nitrogen and oxygen atoms in total. The van der Waals surface area contributed by atoms with Crippen LogP contribution in [0.5, 0.6) is 0 Å². The van der Waals surface area contributed by atoms with E-state index in [4.69, 9.17) is 4.74 Å². The first kappa shape index (κ1) is 22.4. The van der Waals surface area contributed by atoms with E-state index in [1.54, 1.807) is 31.2 Å². The summed E-state index contributed by atoms with van der Waals surface area (Å²) in [5, 5.41) is 13.8. The number of hydrogen-bond donors (Lipinski definition) is 3. The molecular weight excluding hydrogens is 436 g/mol. The lowest BCUT2D eigenvalue weighted by Crippen LogP contribution is -2.52. The molecule has 2 amide bonds. The minimum atomic E-state index is -2.31. The molecule has 33 heavy (non-hydrogen) atoms. The van der Waals surface area contributed by atoms with E-state index in [2.05, 4.69) is 10.3 Å². The minimum Gasteiger partial charge on any atom is -0.461 e. The molecule has 1 atom stereocenters. The molecule has 0 spiro atoms. The monoisotopic (exact) mass is 457 g/mol. The van der Waals surface area contributed by atoms with Gasteiger partial charge in [0.1, 0.15) is 17.3 Å². The summed E-state index contributed by atoms with van der Waals surface area (Å²) in [6.07, 6.45) is -0.158. The second-order valence-corrected chi connectivity index (χ2v) is 7.70. The van der Waals surface area contributed by atoms with Gasteiger partial charge in [-0.1, -0.05) is 0 Å². The van der Waals surface area contributed by atoms with Crippen molar-refractivity contribution in [3.63, 3.8) is 0 Å². The Hall–Kier alpha value is -3.79. The van der Waals surface area contributed by atoms with Gasteiger partial charge in [-0.3, -0.25) is 9.59 Å². The van der Waals surface area contributed by atoms with Gasteiger partial charge in [-0.2, -0.15) is 0 Å². The molecule has 2 aromatic carbocycles. The Labute approximate surface area is 187 Å². The Morgan fingerprint density at radius 2 is 1.91 bits per heavy atom. The lowest BCUT2D eigenvalue weighted by molar-refractivity contribution is -0.149. The van der Waals surface area contributed by atoms with Crippen LogP contribution in [0.4, 0.5) is 14.5 Å². The normalized spacial score (nSPS) is 18.1. The number of nitrogens with zero attached hydrogens (tertiary/aromatic N) is 1. The smallest absolute Gasteiger partial charge is 0.354 e. The van der Waals surface area contributed by atoms with Crippen LogP contribution >= 0.6 is 0 Å². The van der Waals surface area contributed by atoms with Crippen molar-refractivity contribution in [3.05, 3.63) is 65.4 Å². The van der Waals surface area contributed by atoms with Gasteiger partial charge in [0.15, 0.2) is 0 Å². The van der Waals surface area contributed by atoms with Gasteiger partial charge in [-0.05, 0) is 48.9 Å². The van der Waals surface area contributed by atoms with Gasteiger partial charge in [0.05, 0.1) is 6.61 Å². The number of amides is 2. The van der Waals surface area contributed by atoms with Crippen molar-refractivity contribution in [1.29, 1.82) is 0 Å². The number of aromatic nitrogens is 1. The van der Waals surface area contributed by atoms with Crippen molar-refractivity contribution >= 4 is 34.4 Å². The third kappa shape index (κ3) is 4.29. The molecule has 10 heteroatoms. The van der Waals surface area contributed by atoms with Gasteiger partial charge in [-0.15, -0.1) is 0 Å². The van der Waals surface area contributed by atoms with Gasteiger partial charge in [0.25, 0.3) is 11.8 Å². The van der Waals surface area contributed by atoms with Crippen molar-refractivity contribution < 1.29 is 33.0 Å². The first-order chi connectivity index (χ1) is 15.7. The Kier molecular flexibility index (Phi) is 5.86. The number of nitrogens with one attached hydrogen (secondary N) is 2. The van der Waals surface area contributed by atoms with E-state index in [-0.39, 0.29) is 37.4 Å². The molecule has 2 heterocycles. The molecule has 0 bridgehead atoms. The lowest BCUT2D eigenvalue weighted by atomic mass is 10.0. The van der Waals surface area contributed by atoms with Crippen LogP contribution in [0, 0.1) is 11.6 Å². The molecule has 0 unspecified atom stereocenters. The molecule has 4 rings (SSSR count). The molecule has 3 aromatic rings. The van der Waals surface area contributed by atoms with Crippen molar-refractivity contribution in [2.24, 2.45) is 0 Å². The molecule has 1 aliphatic rings. The van der Waals surface area contributed by atoms with Crippen molar-refractivity contribution in [1.82, 2.24) is 10.3 Å². The maximum atomic E-state index is 13.3. The van der Waals surface area contributed by atoms with Crippen LogP contribution in [-0.4, -0.2) is 46.6 Å². The first-order valence-corrected chi connectivity index (χ1v) is 10.3. The van der Waals surface area contributed by atoms with Gasteiger partial charge in [0, 0.05) is 42.2 Å². The predicted molar refractivity (Wildman–Crippen MR) is 114 cm³/mol. The van der Waals surface area contributed by atoms with Crippen LogP contribution in [0.25, 0.3) is 10.9 Å². The molecule has 1 saturated heterocycles. The fourth-order valence-electron chi connectivity index (χ4n) is 3.81. The van der Waals surface area contributed by atoms with Crippen LogP contribution in [0.3, 0.4) is 0 Å². The first-order valence-electron chi connectivity index (χ1n) is 10.3. The van der Waals surface area contributed by atoms with Gasteiger partial charge >= 0.3 is 5.97 Å². The summed E-state index contributed by atoms with van der Waals surface area (Å²) in [7, 11) is 0. The Bertz CT molecular complexity index is 1240. The summed E-state index contributed by atoms with van der Waals surface area (Å²) in [5.41, 5.74) is -0.792. The topological polar surface area (TPSA) is 112 Å². The van der Waals surface area contributed by atoms with Crippen molar-refractivity contribution in [2.45, 2.75) is 25.5 Å². The fourth-order valence-corrected chi connectivity index (χ4v) is 3.81. The van der Waals surface area contributed by atoms with Crippen LogP contribution in [-0.2, 0) is 20.9 Å². The van der Waals surface area contributed by atoms with Gasteiger partial charge in [-0.25, -0.2) is 13.6 Å². The zero-order valence-electron chi connectivity index (χ0n) is 17.7. The zero-order chi connectivity index (χ0) is 23.8. The van der Waals surface area contributed by atoms with E-state index in [1.165, 1.54) is 4.90 Å². The summed E-state index contributed by atoms with van der Waals surface area (Å²) in [6, 6.07) is 9.36. The molecular formula is C23H21F2N3O5. The number of benzene rings is 2. The summed E-state index contributed by atoms with van der Waals surface area (Å²) in [4.78, 5) is 41.7. The minimum absolute atomic E-state index is 0.0814. The number of fused-ring (bicyclic) bond motifs is 1. The van der Waals surface area contributed by atoms with E-state index >= 15 is 0 Å². The Morgan fingerprint density at radius 1 is 1.18 bits per heavy atom. The van der Waals surface area contributed by atoms with Gasteiger partial charge < -0.3 is 25.0 Å². The number of carbonyl (C=O) groups excluding carboxylic acids is 3. The standard InChI is InChI=1S/C23H21F2N3O5/c1-2-33-20(29)19-10-14-9-17(3-4-18(14)27-19)28-6-5-23(32,22(28)31)21(30)26-12-13-7-15(24)11-16(25)8-13/h3-4,7-11,27,32H,2,5-6,12H2,1H3,(H,26,30)/t23-/m0/s1. The number of carbonyl (C=O) groups is 3. The van der Waals surface area contributed by atoms with Gasteiger partial charge in [0.2, 0.25) is 5.60 Å². The molecule has 3 N–H and O–H groups in total. The lowest BCUT2D eigenvalue weighted by Gasteiger charge is -2.22. The quantitative estimate of drug-likeness (QED) is 0.389. The van der Waals surface area contributed by atoms with Crippen molar-refractivity contribution in [3.8, 4) is 0 Å². The Morgan fingerprint density at radius 3 is 2.61 bits per heavy atom. The van der Waals surface area contributed by atoms with E-state index in [0.717, 1.165) is 12.1 Å². The number of anilines is 1. The highest BCUT2D eigenvalue weighted by Gasteiger charge is 2.51.